The molecule has 0 bridgehead atoms. The first-order chi connectivity index (χ1) is 15.7. The molecule has 0 fully saturated rings. The third-order valence-corrected chi connectivity index (χ3v) is 21.8. The molecule has 0 aliphatic carbocycles. The third-order valence-electron chi connectivity index (χ3n) is 4.75. The van der Waals surface area contributed by atoms with Crippen LogP contribution in [0, 0.1) is 0 Å². The van der Waals surface area contributed by atoms with Crippen LogP contribution in [-0.2, 0) is 12.8 Å². The van der Waals surface area contributed by atoms with E-state index in [1.807, 2.05) is 0 Å². The zero-order chi connectivity index (χ0) is 25.8. The van der Waals surface area contributed by atoms with Gasteiger partial charge in [-0.15, -0.1) is 0 Å². The Morgan fingerprint density at radius 1 is 0.206 bits per heavy atom. The van der Waals surface area contributed by atoms with Gasteiger partial charge in [-0.2, -0.15) is 0 Å². The molecule has 0 aliphatic rings. The molecule has 14 heteroatoms. The molecular formula is C20H4Br14. The summed E-state index contributed by atoms with van der Waals surface area (Å²) in [7, 11) is 0. The molecule has 34 heavy (non-hydrogen) atoms. The number of halogens is 14. The normalized spacial score (nSPS) is 11.5. The molecule has 0 unspecified atom stereocenters. The van der Waals surface area contributed by atoms with E-state index >= 15 is 0 Å². The lowest BCUT2D eigenvalue weighted by atomic mass is 10.00. The average Bonchev–Trinajstić information content (AvgIpc) is 2.81. The Labute approximate surface area is 314 Å². The fourth-order valence-corrected chi connectivity index (χ4v) is 12.7. The molecule has 0 aromatic heterocycles. The average molecular weight is 1360 g/mol. The first-order valence-corrected chi connectivity index (χ1v) is 19.7. The highest BCUT2D eigenvalue weighted by atomic mass is 79.9. The highest BCUT2D eigenvalue weighted by Crippen LogP contribution is 2.50. The minimum absolute atomic E-state index is 0.660. The first-order valence-electron chi connectivity index (χ1n) is 8.56. The number of rotatable bonds is 4. The Hall–Kier alpha value is 4.38. The zero-order valence-electron chi connectivity index (χ0n) is 15.7. The Balaban J connectivity index is 2.18. The summed E-state index contributed by atoms with van der Waals surface area (Å²) in [6.45, 7) is 0. The molecule has 182 valence electrons. The van der Waals surface area contributed by atoms with Gasteiger partial charge < -0.3 is 0 Å². The van der Waals surface area contributed by atoms with Gasteiger partial charge in [-0.25, -0.2) is 0 Å². The van der Waals surface area contributed by atoms with E-state index in [0.29, 0.717) is 12.8 Å². The van der Waals surface area contributed by atoms with E-state index in [0.717, 1.165) is 84.9 Å². The van der Waals surface area contributed by atoms with Gasteiger partial charge in [0.2, 0.25) is 0 Å². The van der Waals surface area contributed by atoms with E-state index in [2.05, 4.69) is 223 Å². The molecule has 0 N–H and O–H groups in total. The number of hydrogen-bond acceptors (Lipinski definition) is 0. The van der Waals surface area contributed by atoms with Gasteiger partial charge in [-0.05, 0) is 245 Å². The van der Waals surface area contributed by atoms with Crippen LogP contribution < -0.4 is 0 Å². The smallest absolute Gasteiger partial charge is 0.0482 e. The predicted molar refractivity (Wildman–Crippen MR) is 193 cm³/mol. The van der Waals surface area contributed by atoms with Gasteiger partial charge in [-0.1, -0.05) is 0 Å². The predicted octanol–water partition coefficient (Wildman–Crippen LogP) is 15.5. The molecule has 0 saturated heterocycles. The van der Waals surface area contributed by atoms with E-state index in [1.165, 1.54) is 0 Å². The Bertz CT molecular complexity index is 1160. The monoisotopic (exact) mass is 1350 g/mol. The summed E-state index contributed by atoms with van der Waals surface area (Å²) in [6, 6.07) is 0. The lowest BCUT2D eigenvalue weighted by Crippen LogP contribution is -2.03. The Kier molecular flexibility index (Phi) is 13.1. The minimum Gasteiger partial charge on any atom is -0.0492 e. The van der Waals surface area contributed by atoms with Crippen LogP contribution in [0.1, 0.15) is 22.3 Å². The van der Waals surface area contributed by atoms with Gasteiger partial charge in [0.25, 0.3) is 0 Å². The van der Waals surface area contributed by atoms with Crippen LogP contribution in [0.4, 0.5) is 0 Å². The fourth-order valence-electron chi connectivity index (χ4n) is 3.00. The quantitative estimate of drug-likeness (QED) is 0.180. The van der Waals surface area contributed by atoms with E-state index in [1.54, 1.807) is 0 Å². The zero-order valence-corrected chi connectivity index (χ0v) is 37.9. The van der Waals surface area contributed by atoms with Crippen molar-refractivity contribution in [3.8, 4) is 0 Å². The van der Waals surface area contributed by atoms with Crippen LogP contribution in [0.3, 0.4) is 0 Å². The van der Waals surface area contributed by atoms with E-state index in [-0.39, 0.29) is 0 Å². The van der Waals surface area contributed by atoms with Crippen LogP contribution in [-0.4, -0.2) is 0 Å². The Morgan fingerprint density at radius 3 is 0.500 bits per heavy atom. The first kappa shape index (κ1) is 32.9. The summed E-state index contributed by atoms with van der Waals surface area (Å²) in [4.78, 5) is 0. The molecule has 0 nitrogen and oxygen atoms in total. The summed E-state index contributed by atoms with van der Waals surface area (Å²) in [5.41, 5.74) is 4.39. The molecule has 0 atom stereocenters. The van der Waals surface area contributed by atoms with Crippen LogP contribution >= 0.6 is 223 Å². The maximum atomic E-state index is 3.85. The summed E-state index contributed by atoms with van der Waals surface area (Å²) >= 11 is 52.3. The third kappa shape index (κ3) is 6.40. The maximum absolute atomic E-state index is 3.85. The van der Waals surface area contributed by atoms with Gasteiger partial charge in [0, 0.05) is 75.5 Å². The topological polar surface area (TPSA) is 0 Å². The molecule has 0 aliphatic heterocycles. The van der Waals surface area contributed by atoms with Crippen molar-refractivity contribution in [2.75, 3.05) is 0 Å². The van der Waals surface area contributed by atoms with Gasteiger partial charge >= 0.3 is 0 Å². The van der Waals surface area contributed by atoms with Gasteiger partial charge in [0.05, 0.1) is 0 Å². The largest absolute Gasteiger partial charge is 0.0492 e. The summed E-state index contributed by atoms with van der Waals surface area (Å²) in [6.07, 6.45) is 1.32. The van der Waals surface area contributed by atoms with Crippen molar-refractivity contribution < 1.29 is 0 Å². The van der Waals surface area contributed by atoms with Crippen LogP contribution in [0.5, 0.6) is 0 Å². The number of hydrogen-bond donors (Lipinski definition) is 0. The van der Waals surface area contributed by atoms with Crippen molar-refractivity contribution in [1.29, 1.82) is 0 Å². The summed E-state index contributed by atoms with van der Waals surface area (Å²) in [5.74, 6) is 0. The lowest BCUT2D eigenvalue weighted by Gasteiger charge is -2.20. The molecule has 0 amide bonds. The van der Waals surface area contributed by atoms with E-state index in [4.69, 9.17) is 0 Å². The molecule has 0 saturated carbocycles. The summed E-state index contributed by atoms with van der Waals surface area (Å²) < 4.78 is 13.5. The second kappa shape index (κ2) is 13.6. The molecule has 0 spiro atoms. The molecule has 0 radical (unpaired) electrons. The second-order valence-corrected chi connectivity index (χ2v) is 17.8. The highest BCUT2D eigenvalue weighted by molar-refractivity contribution is 9.16. The molecule has 3 aromatic carbocycles. The van der Waals surface area contributed by atoms with Crippen molar-refractivity contribution in [3.05, 3.63) is 84.9 Å². The van der Waals surface area contributed by atoms with Crippen molar-refractivity contribution in [2.24, 2.45) is 0 Å². The van der Waals surface area contributed by atoms with E-state index < -0.39 is 0 Å². The van der Waals surface area contributed by atoms with Crippen molar-refractivity contribution >= 4 is 223 Å². The van der Waals surface area contributed by atoms with Crippen LogP contribution in [0.2, 0.25) is 0 Å². The fraction of sp³-hybridized carbons (Fsp3) is 0.100. The second-order valence-electron chi connectivity index (χ2n) is 6.66. The van der Waals surface area contributed by atoms with Crippen LogP contribution in [0.25, 0.3) is 0 Å². The SMILES string of the molecule is Brc1c(Br)c(Br)c(Cc2c(Br)c(Br)c(Cc3c(Br)c(Br)c(Br)c(Br)c3Br)c(Br)c2Br)c(Br)c1Br. The Morgan fingerprint density at radius 2 is 0.324 bits per heavy atom. The lowest BCUT2D eigenvalue weighted by molar-refractivity contribution is 1.07. The van der Waals surface area contributed by atoms with E-state index in [9.17, 15) is 0 Å². The minimum atomic E-state index is 0.660. The van der Waals surface area contributed by atoms with Crippen molar-refractivity contribution in [2.45, 2.75) is 12.8 Å². The highest BCUT2D eigenvalue weighted by Gasteiger charge is 2.25. The van der Waals surface area contributed by atoms with Gasteiger partial charge in [-0.3, -0.25) is 0 Å². The number of benzene rings is 3. The summed E-state index contributed by atoms with van der Waals surface area (Å²) in [5, 5.41) is 0. The van der Waals surface area contributed by atoms with Crippen molar-refractivity contribution in [3.63, 3.8) is 0 Å². The standard InChI is InChI=1S/C20H4Br14/c21-7-3(1-5-11(25)15(29)19(33)16(30)12(5)26)8(22)10(24)4(9(7)23)2-6-13(27)17(31)20(34)18(32)14(6)28/h1-2H2. The van der Waals surface area contributed by atoms with Gasteiger partial charge in [0.1, 0.15) is 0 Å². The van der Waals surface area contributed by atoms with Crippen molar-refractivity contribution in [1.82, 2.24) is 0 Å². The molecule has 0 heterocycles. The van der Waals surface area contributed by atoms with Crippen LogP contribution in [0.15, 0.2) is 62.6 Å². The molecular weight excluding hydrogens is 1360 g/mol. The molecule has 3 aromatic rings. The molecule has 3 rings (SSSR count). The van der Waals surface area contributed by atoms with Gasteiger partial charge in [0.15, 0.2) is 0 Å². The maximum Gasteiger partial charge on any atom is 0.0482 e.